The van der Waals surface area contributed by atoms with Gasteiger partial charge in [-0.1, -0.05) is 6.92 Å². The molecule has 2 unspecified atom stereocenters. The monoisotopic (exact) mass is 228 g/mol. The van der Waals surface area contributed by atoms with Crippen LogP contribution in [0.2, 0.25) is 0 Å². The van der Waals surface area contributed by atoms with Crippen LogP contribution in [0.4, 0.5) is 0 Å². The fourth-order valence-corrected chi connectivity index (χ4v) is 2.62. The van der Waals surface area contributed by atoms with Crippen molar-refractivity contribution in [2.45, 2.75) is 19.4 Å². The van der Waals surface area contributed by atoms with Gasteiger partial charge in [0.05, 0.1) is 0 Å². The number of hydrogen-bond acceptors (Lipinski definition) is 3. The Balaban J connectivity index is 2.32. The lowest BCUT2D eigenvalue weighted by Gasteiger charge is -2.34. The summed E-state index contributed by atoms with van der Waals surface area (Å²) >= 11 is 5.10. The molecule has 2 rings (SSSR count). The Hall–Kier alpha value is -0.880. The Morgan fingerprint density at radius 2 is 2.20 bits per heavy atom. The van der Waals surface area contributed by atoms with E-state index in [4.69, 9.17) is 12.2 Å². The SMILES string of the molecule is CC1CN(C)CCC1n1c(=O)[nH][nH]c1=S. The molecule has 84 valence electrons. The molecule has 1 aliphatic rings. The van der Waals surface area contributed by atoms with Crippen molar-refractivity contribution in [2.75, 3.05) is 20.1 Å². The number of hydrogen-bond donors (Lipinski definition) is 2. The third kappa shape index (κ3) is 1.91. The van der Waals surface area contributed by atoms with Crippen molar-refractivity contribution in [2.24, 2.45) is 5.92 Å². The van der Waals surface area contributed by atoms with Crippen LogP contribution in [0, 0.1) is 10.7 Å². The minimum atomic E-state index is -0.124. The zero-order valence-electron chi connectivity index (χ0n) is 8.99. The number of nitrogens with one attached hydrogen (secondary N) is 2. The summed E-state index contributed by atoms with van der Waals surface area (Å²) in [5.74, 6) is 0.451. The van der Waals surface area contributed by atoms with Gasteiger partial charge in [0.15, 0.2) is 4.77 Å². The summed E-state index contributed by atoms with van der Waals surface area (Å²) in [6.07, 6.45) is 0.979. The highest BCUT2D eigenvalue weighted by molar-refractivity contribution is 7.71. The van der Waals surface area contributed by atoms with Gasteiger partial charge in [0.1, 0.15) is 0 Å². The molecule has 1 fully saturated rings. The van der Waals surface area contributed by atoms with Crippen molar-refractivity contribution in [1.82, 2.24) is 19.7 Å². The van der Waals surface area contributed by atoms with Gasteiger partial charge in [0.2, 0.25) is 0 Å². The molecule has 15 heavy (non-hydrogen) atoms. The van der Waals surface area contributed by atoms with Crippen LogP contribution < -0.4 is 5.69 Å². The summed E-state index contributed by atoms with van der Waals surface area (Å²) in [5.41, 5.74) is -0.124. The summed E-state index contributed by atoms with van der Waals surface area (Å²) in [5, 5.41) is 5.22. The second-order valence-corrected chi connectivity index (χ2v) is 4.71. The minimum absolute atomic E-state index is 0.124. The molecule has 2 N–H and O–H groups in total. The van der Waals surface area contributed by atoms with Crippen LogP contribution in [-0.4, -0.2) is 39.8 Å². The molecule has 0 spiro atoms. The fourth-order valence-electron chi connectivity index (χ4n) is 2.35. The van der Waals surface area contributed by atoms with E-state index in [2.05, 4.69) is 29.1 Å². The van der Waals surface area contributed by atoms with Crippen LogP contribution in [0.3, 0.4) is 0 Å². The van der Waals surface area contributed by atoms with Crippen molar-refractivity contribution in [3.05, 3.63) is 15.3 Å². The topological polar surface area (TPSA) is 56.8 Å². The fraction of sp³-hybridized carbons (Fsp3) is 0.778. The van der Waals surface area contributed by atoms with Crippen LogP contribution in [0.5, 0.6) is 0 Å². The van der Waals surface area contributed by atoms with Crippen LogP contribution in [-0.2, 0) is 0 Å². The first-order chi connectivity index (χ1) is 7.09. The van der Waals surface area contributed by atoms with E-state index in [1.165, 1.54) is 0 Å². The normalized spacial score (nSPS) is 28.1. The Bertz CT molecular complexity index is 418. The molecule has 0 aromatic carbocycles. The van der Waals surface area contributed by atoms with E-state index in [0.29, 0.717) is 10.7 Å². The Kier molecular flexibility index (Phi) is 2.79. The highest BCUT2D eigenvalue weighted by Crippen LogP contribution is 2.25. The number of likely N-dealkylation sites (tertiary alicyclic amines) is 1. The van der Waals surface area contributed by atoms with Gasteiger partial charge < -0.3 is 4.90 Å². The van der Waals surface area contributed by atoms with Crippen molar-refractivity contribution in [3.63, 3.8) is 0 Å². The van der Waals surface area contributed by atoms with Gasteiger partial charge in [-0.2, -0.15) is 0 Å². The van der Waals surface area contributed by atoms with Crippen molar-refractivity contribution in [3.8, 4) is 0 Å². The van der Waals surface area contributed by atoms with Gasteiger partial charge in [-0.3, -0.25) is 9.67 Å². The zero-order valence-corrected chi connectivity index (χ0v) is 9.80. The number of aromatic amines is 2. The molecule has 1 saturated heterocycles. The van der Waals surface area contributed by atoms with E-state index in [-0.39, 0.29) is 11.7 Å². The molecule has 0 saturated carbocycles. The number of nitrogens with zero attached hydrogens (tertiary/aromatic N) is 2. The summed E-state index contributed by atoms with van der Waals surface area (Å²) in [6, 6.07) is 0.226. The molecule has 6 heteroatoms. The predicted molar refractivity (Wildman–Crippen MR) is 60.6 cm³/mol. The lowest BCUT2D eigenvalue weighted by Crippen LogP contribution is -2.40. The van der Waals surface area contributed by atoms with Crippen LogP contribution >= 0.6 is 12.2 Å². The third-order valence-electron chi connectivity index (χ3n) is 3.11. The van der Waals surface area contributed by atoms with Crippen LogP contribution in [0.1, 0.15) is 19.4 Å². The van der Waals surface area contributed by atoms with Gasteiger partial charge >= 0.3 is 5.69 Å². The molecule has 0 amide bonds. The van der Waals surface area contributed by atoms with Gasteiger partial charge in [-0.15, -0.1) is 0 Å². The first-order valence-corrected chi connectivity index (χ1v) is 5.58. The average Bonchev–Trinajstić information content (AvgIpc) is 2.48. The highest BCUT2D eigenvalue weighted by Gasteiger charge is 2.27. The lowest BCUT2D eigenvalue weighted by atomic mass is 9.94. The second-order valence-electron chi connectivity index (χ2n) is 4.33. The largest absolute Gasteiger partial charge is 0.342 e. The van der Waals surface area contributed by atoms with Crippen molar-refractivity contribution < 1.29 is 0 Å². The van der Waals surface area contributed by atoms with E-state index < -0.39 is 0 Å². The standard InChI is InChI=1S/C9H16N4OS/c1-6-5-12(2)4-3-7(6)13-8(14)10-11-9(13)15/h6-7H,3-5H2,1-2H3,(H,10,14)(H,11,15). The first kappa shape index (κ1) is 10.6. The number of rotatable bonds is 1. The van der Waals surface area contributed by atoms with Crippen molar-refractivity contribution in [1.29, 1.82) is 0 Å². The maximum Gasteiger partial charge on any atom is 0.342 e. The van der Waals surface area contributed by atoms with Gasteiger partial charge in [0.25, 0.3) is 0 Å². The smallest absolute Gasteiger partial charge is 0.306 e. The maximum absolute atomic E-state index is 11.6. The van der Waals surface area contributed by atoms with E-state index in [1.807, 2.05) is 0 Å². The third-order valence-corrected chi connectivity index (χ3v) is 3.41. The molecule has 2 atom stereocenters. The van der Waals surface area contributed by atoms with Crippen LogP contribution in [0.25, 0.3) is 0 Å². The summed E-state index contributed by atoms with van der Waals surface area (Å²) < 4.78 is 2.17. The quantitative estimate of drug-likeness (QED) is 0.697. The molecular formula is C9H16N4OS. The van der Waals surface area contributed by atoms with Gasteiger partial charge in [-0.25, -0.2) is 9.89 Å². The summed E-state index contributed by atoms with van der Waals surface area (Å²) in [4.78, 5) is 13.8. The average molecular weight is 228 g/mol. The predicted octanol–water partition coefficient (Wildman–Crippen LogP) is 0.747. The Labute approximate surface area is 93.1 Å². The molecule has 0 bridgehead atoms. The zero-order chi connectivity index (χ0) is 11.0. The molecule has 0 radical (unpaired) electrons. The second kappa shape index (κ2) is 3.94. The molecule has 1 aromatic heterocycles. The molecular weight excluding hydrogens is 212 g/mol. The lowest BCUT2D eigenvalue weighted by molar-refractivity contribution is 0.155. The van der Waals surface area contributed by atoms with Gasteiger partial charge in [-0.05, 0) is 38.1 Å². The van der Waals surface area contributed by atoms with Gasteiger partial charge in [0, 0.05) is 12.6 Å². The van der Waals surface area contributed by atoms with E-state index in [9.17, 15) is 4.79 Å². The summed E-state index contributed by atoms with van der Waals surface area (Å²) in [7, 11) is 2.10. The molecule has 2 heterocycles. The Morgan fingerprint density at radius 3 is 2.73 bits per heavy atom. The molecule has 1 aromatic rings. The number of piperidine rings is 1. The van der Waals surface area contributed by atoms with E-state index in [1.54, 1.807) is 4.57 Å². The Morgan fingerprint density at radius 1 is 1.47 bits per heavy atom. The summed E-state index contributed by atoms with van der Waals surface area (Å²) in [6.45, 7) is 4.19. The minimum Gasteiger partial charge on any atom is -0.306 e. The molecule has 5 nitrogen and oxygen atoms in total. The highest BCUT2D eigenvalue weighted by atomic mass is 32.1. The molecule has 0 aliphatic carbocycles. The van der Waals surface area contributed by atoms with Crippen molar-refractivity contribution >= 4 is 12.2 Å². The first-order valence-electron chi connectivity index (χ1n) is 5.17. The number of aromatic nitrogens is 3. The van der Waals surface area contributed by atoms with E-state index in [0.717, 1.165) is 19.5 Å². The maximum atomic E-state index is 11.6. The molecule has 1 aliphatic heterocycles. The van der Waals surface area contributed by atoms with Crippen LogP contribution in [0.15, 0.2) is 4.79 Å². The van der Waals surface area contributed by atoms with E-state index >= 15 is 0 Å². The number of H-pyrrole nitrogens is 2.